The molecule has 0 aromatic heterocycles. The van der Waals surface area contributed by atoms with E-state index in [1.54, 1.807) is 0 Å². The highest BCUT2D eigenvalue weighted by Gasteiger charge is 2.64. The van der Waals surface area contributed by atoms with E-state index in [9.17, 15) is 10.5 Å². The lowest BCUT2D eigenvalue weighted by molar-refractivity contribution is 0.00578. The lowest BCUT2D eigenvalue weighted by atomic mass is 9.49. The second-order valence-electron chi connectivity index (χ2n) is 28.9. The van der Waals surface area contributed by atoms with Crippen molar-refractivity contribution in [3.63, 3.8) is 0 Å². The third-order valence-electron chi connectivity index (χ3n) is 21.9. The quantitative estimate of drug-likeness (QED) is 0.157. The molecule has 5 heterocycles. The third-order valence-corrected chi connectivity index (χ3v) is 22.1. The molecule has 0 N–H and O–H groups in total. The van der Waals surface area contributed by atoms with Gasteiger partial charge in [0.25, 0.3) is 0 Å². The molecule has 2 spiro atoms. The van der Waals surface area contributed by atoms with Gasteiger partial charge in [-0.3, -0.25) is 0 Å². The van der Waals surface area contributed by atoms with Crippen LogP contribution in [0.15, 0.2) is 218 Å². The van der Waals surface area contributed by atoms with Crippen LogP contribution in [0.1, 0.15) is 139 Å². The van der Waals surface area contributed by atoms with E-state index in [0.29, 0.717) is 16.1 Å². The monoisotopic (exact) mass is 1280 g/mol. The maximum absolute atomic E-state index is 9.35. The number of rotatable bonds is 4. The second kappa shape index (κ2) is 22.6. The standard InChI is InChI=1S/C38H30BNO3.C32H18ClNO.C12H24B2O4/c1-36(2)37(3,4)43-39(42-36)27-18-20-35-33(22-27)38(30-11-7-5-9-28(30)29-10-6-8-12-31(29)38)32-21-26(17-19-34(32)41-35)25-15-13-24(23-40)14-16-25;33-23-14-16-31-29(18-23)32(26-7-3-1-5-24(26)25-6-2-4-8-27(25)32)28-17-22(13-15-30(28)35-31)21-11-9-20(19-34)10-12-21;1-9(2)10(3,4)16-13(15-9)14-17-11(5,6)12(7,8)18-14/h5-22H,1-4H3;1-18H;1-8H3. The van der Waals surface area contributed by atoms with Crippen molar-refractivity contribution in [1.29, 1.82) is 10.5 Å². The molecule has 17 rings (SSSR count). The molecule has 0 saturated carbocycles. The Morgan fingerprint density at radius 3 is 0.948 bits per heavy atom. The van der Waals surface area contributed by atoms with Gasteiger partial charge in [0, 0.05) is 27.3 Å². The van der Waals surface area contributed by atoms with Gasteiger partial charge in [-0.05, 0) is 228 Å². The molecule has 0 amide bonds. The smallest absolute Gasteiger partial charge is 0.457 e. The molecule has 0 unspecified atom stereocenters. The van der Waals surface area contributed by atoms with E-state index in [0.717, 1.165) is 73.0 Å². The van der Waals surface area contributed by atoms with Gasteiger partial charge >= 0.3 is 21.1 Å². The van der Waals surface area contributed by atoms with Crippen LogP contribution in [0.25, 0.3) is 44.5 Å². The first-order chi connectivity index (χ1) is 45.8. The highest BCUT2D eigenvalue weighted by Crippen LogP contribution is 2.64. The second-order valence-corrected chi connectivity index (χ2v) is 29.4. The van der Waals surface area contributed by atoms with Gasteiger partial charge in [0.05, 0.1) is 67.7 Å². The van der Waals surface area contributed by atoms with Gasteiger partial charge in [-0.1, -0.05) is 157 Å². The average molecular weight is 1280 g/mol. The Hall–Kier alpha value is -8.98. The number of halogens is 1. The Kier molecular flexibility index (Phi) is 14.8. The minimum atomic E-state index is -0.613. The normalized spacial score (nSPS) is 19.0. The summed E-state index contributed by atoms with van der Waals surface area (Å²) in [5.74, 6) is 3.31. The Morgan fingerprint density at radius 2 is 0.594 bits per heavy atom. The molecule has 0 radical (unpaired) electrons. The molecule has 3 saturated heterocycles. The van der Waals surface area contributed by atoms with Gasteiger partial charge in [-0.15, -0.1) is 0 Å². The van der Waals surface area contributed by atoms with E-state index >= 15 is 0 Å². The van der Waals surface area contributed by atoms with Crippen molar-refractivity contribution in [1.82, 2.24) is 0 Å². The van der Waals surface area contributed by atoms with E-state index in [1.165, 1.54) is 44.5 Å². The largest absolute Gasteiger partial charge is 0.494 e. The van der Waals surface area contributed by atoms with E-state index in [1.807, 2.05) is 122 Å². The Morgan fingerprint density at radius 1 is 0.302 bits per heavy atom. The summed E-state index contributed by atoms with van der Waals surface area (Å²) in [6, 6.07) is 79.7. The van der Waals surface area contributed by atoms with Crippen LogP contribution in [-0.4, -0.2) is 54.7 Å². The minimum Gasteiger partial charge on any atom is -0.457 e. The van der Waals surface area contributed by atoms with Gasteiger partial charge in [0.15, 0.2) is 0 Å². The first kappa shape index (κ1) is 63.1. The predicted octanol–water partition coefficient (Wildman–Crippen LogP) is 18.6. The molecular weight excluding hydrogens is 1210 g/mol. The highest BCUT2D eigenvalue weighted by molar-refractivity contribution is 7.11. The molecule has 14 heteroatoms. The van der Waals surface area contributed by atoms with E-state index in [-0.39, 0.29) is 22.4 Å². The zero-order chi connectivity index (χ0) is 67.1. The molecule has 96 heavy (non-hydrogen) atoms. The lowest BCUT2D eigenvalue weighted by Gasteiger charge is -2.40. The molecule has 10 aromatic rings. The molecule has 0 bridgehead atoms. The van der Waals surface area contributed by atoms with Gasteiger partial charge in [-0.2, -0.15) is 10.5 Å². The van der Waals surface area contributed by atoms with Gasteiger partial charge in [-0.25, -0.2) is 0 Å². The number of nitriles is 2. The summed E-state index contributed by atoms with van der Waals surface area (Å²) in [6.45, 7) is 24.5. The summed E-state index contributed by atoms with van der Waals surface area (Å²) >= 11 is 6.59. The lowest BCUT2D eigenvalue weighted by Crippen LogP contribution is -2.41. The zero-order valence-corrected chi connectivity index (χ0v) is 56.8. The number of fused-ring (bicyclic) bond motifs is 18. The first-order valence-corrected chi connectivity index (χ1v) is 33.2. The maximum Gasteiger partial charge on any atom is 0.494 e. The van der Waals surface area contributed by atoms with Crippen LogP contribution in [0.5, 0.6) is 23.0 Å². The Labute approximate surface area is 569 Å². The van der Waals surface area contributed by atoms with Gasteiger partial charge in [0.2, 0.25) is 0 Å². The van der Waals surface area contributed by atoms with Crippen molar-refractivity contribution in [3.8, 4) is 79.6 Å². The van der Waals surface area contributed by atoms with Crippen LogP contribution in [-0.2, 0) is 38.8 Å². The fourth-order valence-electron chi connectivity index (χ4n) is 14.8. The number of hydrogen-bond donors (Lipinski definition) is 0. The van der Waals surface area contributed by atoms with Crippen LogP contribution >= 0.6 is 11.6 Å². The van der Waals surface area contributed by atoms with Crippen LogP contribution in [0.2, 0.25) is 5.02 Å². The minimum absolute atomic E-state index is 0.360. The average Bonchev–Trinajstić information content (AvgIpc) is 1.46. The van der Waals surface area contributed by atoms with E-state index in [2.05, 4.69) is 191 Å². The summed E-state index contributed by atoms with van der Waals surface area (Å²) in [6.07, 6.45) is 0. The molecule has 3 fully saturated rings. The highest BCUT2D eigenvalue weighted by atomic mass is 35.5. The van der Waals surface area contributed by atoms with E-state index < -0.39 is 43.2 Å². The van der Waals surface area contributed by atoms with Gasteiger partial charge < -0.3 is 37.4 Å². The maximum atomic E-state index is 9.35. The molecule has 10 aromatic carbocycles. The fourth-order valence-corrected chi connectivity index (χ4v) is 14.9. The number of ether oxygens (including phenoxy) is 2. The third kappa shape index (κ3) is 9.76. The molecule has 0 atom stereocenters. The summed E-state index contributed by atoms with van der Waals surface area (Å²) in [7, 11) is -1.45. The van der Waals surface area contributed by atoms with Crippen LogP contribution < -0.4 is 14.9 Å². The molecule has 2 aliphatic carbocycles. The Balaban J connectivity index is 0.000000128. The number of hydrogen-bond acceptors (Lipinski definition) is 10. The van der Waals surface area contributed by atoms with Crippen LogP contribution in [0.4, 0.5) is 0 Å². The summed E-state index contributed by atoms with van der Waals surface area (Å²) in [4.78, 5) is 0. The zero-order valence-electron chi connectivity index (χ0n) is 56.1. The molecule has 10 nitrogen and oxygen atoms in total. The SMILES string of the molecule is CC1(C)OB(B2OC(C)(C)C(C)(C)O2)OC1(C)C.CC1(C)OB(c2ccc3c(c2)C2(c4cc(-c5ccc(C#N)cc5)ccc4O3)c3ccccc3-c3ccccc32)OC1(C)C.N#Cc1ccc(-c2ccc3c(c2)C2(c4cc(Cl)ccc4O3)c3ccccc3-c3ccccc32)cc1. The first-order valence-electron chi connectivity index (χ1n) is 32.9. The van der Waals surface area contributed by atoms with Crippen molar-refractivity contribution in [3.05, 3.63) is 279 Å². The molecule has 7 aliphatic rings. The summed E-state index contributed by atoms with van der Waals surface area (Å²) in [5.41, 5.74) is 17.1. The Bertz CT molecular complexity index is 4720. The number of nitrogens with zero attached hydrogens (tertiary/aromatic N) is 2. The molecule has 5 aliphatic heterocycles. The summed E-state index contributed by atoms with van der Waals surface area (Å²) in [5, 5.41) is 19.3. The summed E-state index contributed by atoms with van der Waals surface area (Å²) < 4.78 is 50.0. The van der Waals surface area contributed by atoms with Crippen molar-refractivity contribution < 1.29 is 37.4 Å². The van der Waals surface area contributed by atoms with Crippen molar-refractivity contribution in [2.45, 2.75) is 128 Å². The van der Waals surface area contributed by atoms with Crippen molar-refractivity contribution in [2.24, 2.45) is 0 Å². The van der Waals surface area contributed by atoms with Crippen LogP contribution in [0.3, 0.4) is 0 Å². The fraction of sp³-hybridized carbons (Fsp3) is 0.244. The molecular formula is C82H72B3ClN2O8. The van der Waals surface area contributed by atoms with Gasteiger partial charge in [0.1, 0.15) is 23.0 Å². The van der Waals surface area contributed by atoms with E-state index in [4.69, 9.17) is 49.0 Å². The van der Waals surface area contributed by atoms with Crippen LogP contribution in [0, 0.1) is 22.7 Å². The topological polar surface area (TPSA) is 121 Å². The molecule has 474 valence electrons. The van der Waals surface area contributed by atoms with Crippen molar-refractivity contribution >= 4 is 38.2 Å². The van der Waals surface area contributed by atoms with Crippen molar-refractivity contribution in [2.75, 3.05) is 0 Å². The predicted molar refractivity (Wildman–Crippen MR) is 381 cm³/mol. The number of benzene rings is 10.